The molecule has 0 radical (unpaired) electrons. The molecular weight excluding hydrogens is 302 g/mol. The number of rotatable bonds is 4. The normalized spacial score (nSPS) is 20.9. The van der Waals surface area contributed by atoms with Crippen LogP contribution in [0.3, 0.4) is 0 Å². The van der Waals surface area contributed by atoms with E-state index in [1.54, 1.807) is 18.0 Å². The SMILES string of the molecule is CC1=C/C(=C\N(Cc2cc(C)cc(C)c2O)C(C)O)C(=O)C(C)C1. The van der Waals surface area contributed by atoms with Crippen LogP contribution in [0, 0.1) is 19.8 Å². The van der Waals surface area contributed by atoms with Crippen molar-refractivity contribution < 1.29 is 15.0 Å². The number of aliphatic hydroxyl groups excluding tert-OH is 1. The Morgan fingerprint density at radius 1 is 1.33 bits per heavy atom. The van der Waals surface area contributed by atoms with Crippen molar-refractivity contribution in [3.8, 4) is 5.75 Å². The zero-order valence-electron chi connectivity index (χ0n) is 15.1. The van der Waals surface area contributed by atoms with Gasteiger partial charge < -0.3 is 15.1 Å². The first kappa shape index (κ1) is 18.3. The predicted octanol–water partition coefficient (Wildman–Crippen LogP) is 3.59. The number of benzene rings is 1. The van der Waals surface area contributed by atoms with Crippen LogP contribution in [0.25, 0.3) is 0 Å². The zero-order valence-corrected chi connectivity index (χ0v) is 15.1. The van der Waals surface area contributed by atoms with Gasteiger partial charge in [-0.1, -0.05) is 36.3 Å². The summed E-state index contributed by atoms with van der Waals surface area (Å²) in [6.45, 7) is 9.76. The van der Waals surface area contributed by atoms with Crippen LogP contribution < -0.4 is 0 Å². The summed E-state index contributed by atoms with van der Waals surface area (Å²) in [4.78, 5) is 14.1. The van der Waals surface area contributed by atoms with Crippen LogP contribution in [0.1, 0.15) is 43.9 Å². The molecule has 0 spiro atoms. The molecule has 130 valence electrons. The number of phenolic OH excluding ortho intramolecular Hbond substituents is 1. The number of Topliss-reactive ketones (excluding diaryl/α,β-unsaturated/α-hetero) is 1. The van der Waals surface area contributed by atoms with Gasteiger partial charge in [0.25, 0.3) is 0 Å². The Morgan fingerprint density at radius 3 is 2.62 bits per heavy atom. The summed E-state index contributed by atoms with van der Waals surface area (Å²) in [6, 6.07) is 3.82. The third-order valence-electron chi connectivity index (χ3n) is 4.42. The third kappa shape index (κ3) is 4.06. The molecule has 1 aliphatic carbocycles. The lowest BCUT2D eigenvalue weighted by atomic mass is 9.87. The van der Waals surface area contributed by atoms with Crippen molar-refractivity contribution in [1.82, 2.24) is 4.90 Å². The van der Waals surface area contributed by atoms with Crippen molar-refractivity contribution in [2.24, 2.45) is 5.92 Å². The van der Waals surface area contributed by atoms with Crippen LogP contribution >= 0.6 is 0 Å². The quantitative estimate of drug-likeness (QED) is 0.655. The van der Waals surface area contributed by atoms with E-state index in [4.69, 9.17) is 0 Å². The summed E-state index contributed by atoms with van der Waals surface area (Å²) >= 11 is 0. The van der Waals surface area contributed by atoms with Gasteiger partial charge in [-0.3, -0.25) is 4.79 Å². The Labute approximate surface area is 144 Å². The molecule has 0 fully saturated rings. The van der Waals surface area contributed by atoms with Crippen LogP contribution in [0.15, 0.2) is 35.6 Å². The maximum absolute atomic E-state index is 12.4. The first-order valence-corrected chi connectivity index (χ1v) is 8.35. The Hall–Kier alpha value is -2.07. The van der Waals surface area contributed by atoms with Crippen molar-refractivity contribution in [3.63, 3.8) is 0 Å². The fraction of sp³-hybridized carbons (Fsp3) is 0.450. The number of carbonyl (C=O) groups is 1. The second-order valence-electron chi connectivity index (χ2n) is 6.94. The van der Waals surface area contributed by atoms with Crippen LogP contribution in [-0.2, 0) is 11.3 Å². The highest BCUT2D eigenvalue weighted by atomic mass is 16.3. The largest absolute Gasteiger partial charge is 0.507 e. The molecule has 2 atom stereocenters. The average Bonchev–Trinajstić information content (AvgIpc) is 2.48. The fourth-order valence-electron chi connectivity index (χ4n) is 3.19. The lowest BCUT2D eigenvalue weighted by Gasteiger charge is -2.27. The summed E-state index contributed by atoms with van der Waals surface area (Å²) in [7, 11) is 0. The molecule has 1 aliphatic rings. The van der Waals surface area contributed by atoms with Gasteiger partial charge in [-0.05, 0) is 39.7 Å². The summed E-state index contributed by atoms with van der Waals surface area (Å²) in [5, 5.41) is 20.4. The molecule has 2 unspecified atom stereocenters. The van der Waals surface area contributed by atoms with Gasteiger partial charge in [-0.15, -0.1) is 0 Å². The van der Waals surface area contributed by atoms with Gasteiger partial charge in [0.05, 0.1) is 0 Å². The van der Waals surface area contributed by atoms with Gasteiger partial charge in [-0.2, -0.15) is 0 Å². The number of carbonyl (C=O) groups excluding carboxylic acids is 1. The molecule has 0 heterocycles. The van der Waals surface area contributed by atoms with E-state index in [0.717, 1.165) is 28.7 Å². The highest BCUT2D eigenvalue weighted by Gasteiger charge is 2.23. The Balaban J connectivity index is 2.36. The molecule has 4 heteroatoms. The van der Waals surface area contributed by atoms with Crippen molar-refractivity contribution in [2.75, 3.05) is 0 Å². The number of allylic oxidation sites excluding steroid dienone is 3. The van der Waals surface area contributed by atoms with E-state index in [1.165, 1.54) is 0 Å². The molecule has 0 saturated heterocycles. The minimum atomic E-state index is -0.767. The molecule has 0 aliphatic heterocycles. The van der Waals surface area contributed by atoms with Crippen LogP contribution in [0.4, 0.5) is 0 Å². The molecule has 24 heavy (non-hydrogen) atoms. The number of hydrogen-bond donors (Lipinski definition) is 2. The molecule has 0 aromatic heterocycles. The van der Waals surface area contributed by atoms with E-state index >= 15 is 0 Å². The minimum Gasteiger partial charge on any atom is -0.507 e. The molecule has 1 aromatic carbocycles. The molecule has 2 N–H and O–H groups in total. The van der Waals surface area contributed by atoms with Gasteiger partial charge >= 0.3 is 0 Å². The Kier molecular flexibility index (Phi) is 5.50. The lowest BCUT2D eigenvalue weighted by molar-refractivity contribution is -0.118. The first-order valence-electron chi connectivity index (χ1n) is 8.35. The van der Waals surface area contributed by atoms with E-state index < -0.39 is 6.23 Å². The molecule has 0 amide bonds. The van der Waals surface area contributed by atoms with Gasteiger partial charge in [0.15, 0.2) is 5.78 Å². The molecule has 0 bridgehead atoms. The summed E-state index contributed by atoms with van der Waals surface area (Å²) in [6.07, 6.45) is 3.61. The van der Waals surface area contributed by atoms with Crippen LogP contribution in [0.5, 0.6) is 5.75 Å². The monoisotopic (exact) mass is 329 g/mol. The average molecular weight is 329 g/mol. The van der Waals surface area contributed by atoms with Crippen LogP contribution in [-0.4, -0.2) is 27.1 Å². The van der Waals surface area contributed by atoms with E-state index in [0.29, 0.717) is 12.1 Å². The highest BCUT2D eigenvalue weighted by molar-refractivity contribution is 6.00. The summed E-state index contributed by atoms with van der Waals surface area (Å²) < 4.78 is 0. The second-order valence-corrected chi connectivity index (χ2v) is 6.94. The van der Waals surface area contributed by atoms with Crippen molar-refractivity contribution in [2.45, 2.75) is 53.8 Å². The number of aromatic hydroxyl groups is 1. The summed E-state index contributed by atoms with van der Waals surface area (Å²) in [5.41, 5.74) is 4.37. The summed E-state index contributed by atoms with van der Waals surface area (Å²) in [5.74, 6) is 0.294. The van der Waals surface area contributed by atoms with Crippen molar-refractivity contribution >= 4 is 5.78 Å². The fourth-order valence-corrected chi connectivity index (χ4v) is 3.19. The molecule has 0 saturated carbocycles. The van der Waals surface area contributed by atoms with Crippen molar-refractivity contribution in [1.29, 1.82) is 0 Å². The van der Waals surface area contributed by atoms with E-state index in [2.05, 4.69) is 0 Å². The predicted molar refractivity (Wildman–Crippen MR) is 95.4 cm³/mol. The molecule has 4 nitrogen and oxygen atoms in total. The number of aliphatic hydroxyl groups is 1. The highest BCUT2D eigenvalue weighted by Crippen LogP contribution is 2.28. The molecule has 1 aromatic rings. The first-order chi connectivity index (χ1) is 11.2. The molecule has 2 rings (SSSR count). The number of hydrogen-bond acceptors (Lipinski definition) is 4. The van der Waals surface area contributed by atoms with E-state index in [9.17, 15) is 15.0 Å². The lowest BCUT2D eigenvalue weighted by Crippen LogP contribution is -2.29. The smallest absolute Gasteiger partial charge is 0.167 e. The number of ketones is 1. The number of nitrogens with zero attached hydrogens (tertiary/aromatic N) is 1. The molecular formula is C20H27NO3. The van der Waals surface area contributed by atoms with Crippen molar-refractivity contribution in [3.05, 3.63) is 52.2 Å². The van der Waals surface area contributed by atoms with Gasteiger partial charge in [0.2, 0.25) is 0 Å². The van der Waals surface area contributed by atoms with E-state index in [-0.39, 0.29) is 17.5 Å². The third-order valence-corrected chi connectivity index (χ3v) is 4.42. The maximum atomic E-state index is 12.4. The van der Waals surface area contributed by atoms with Gasteiger partial charge in [0.1, 0.15) is 12.0 Å². The second kappa shape index (κ2) is 7.22. The number of phenols is 1. The Morgan fingerprint density at radius 2 is 2.00 bits per heavy atom. The van der Waals surface area contributed by atoms with Gasteiger partial charge in [-0.25, -0.2) is 0 Å². The standard InChI is InChI=1S/C20H27NO3/c1-12-6-14(3)19(23)17(8-12)10-21(16(5)22)11-18-9-13(2)7-15(4)20(18)24/h6,8-9,11,15-16,22-23H,7,10H2,1-5H3/b18-11+. The topological polar surface area (TPSA) is 60.8 Å². The Bertz CT molecular complexity index is 701. The maximum Gasteiger partial charge on any atom is 0.167 e. The van der Waals surface area contributed by atoms with E-state index in [1.807, 2.05) is 45.9 Å². The number of aryl methyl sites for hydroxylation is 2. The zero-order chi connectivity index (χ0) is 18.0. The van der Waals surface area contributed by atoms with Gasteiger partial charge in [0, 0.05) is 29.8 Å². The van der Waals surface area contributed by atoms with Crippen LogP contribution in [0.2, 0.25) is 0 Å². The minimum absolute atomic E-state index is 0.0354.